The highest BCUT2D eigenvalue weighted by atomic mass is 19.4. The van der Waals surface area contributed by atoms with Gasteiger partial charge in [-0.05, 0) is 6.92 Å². The molecular formula is C10H17F3N2O3. The molecule has 0 spiro atoms. The van der Waals surface area contributed by atoms with E-state index in [-0.39, 0.29) is 0 Å². The second-order valence-corrected chi connectivity index (χ2v) is 4.41. The van der Waals surface area contributed by atoms with Crippen molar-refractivity contribution in [3.05, 3.63) is 0 Å². The van der Waals surface area contributed by atoms with Crippen LogP contribution in [0.4, 0.5) is 13.2 Å². The molecule has 8 heteroatoms. The summed E-state index contributed by atoms with van der Waals surface area (Å²) in [5.41, 5.74) is 0. The molecule has 2 unspecified atom stereocenters. The standard InChI is InChI=1S/C10H17F3N2O3/c1-7(9(17)18)15-4-2-14(3-5-15)6-8(16)10(11,12)13/h7-8,16H,2-6H2,1H3,(H,17,18). The zero-order valence-corrected chi connectivity index (χ0v) is 10.0. The minimum absolute atomic E-state index is 0.324. The van der Waals surface area contributed by atoms with Crippen LogP contribution in [0.5, 0.6) is 0 Å². The molecule has 2 N–H and O–H groups in total. The van der Waals surface area contributed by atoms with Gasteiger partial charge >= 0.3 is 12.1 Å². The van der Waals surface area contributed by atoms with E-state index in [0.29, 0.717) is 26.2 Å². The summed E-state index contributed by atoms with van der Waals surface area (Å²) in [6.45, 7) is 2.51. The maximum atomic E-state index is 12.2. The van der Waals surface area contributed by atoms with Crippen LogP contribution >= 0.6 is 0 Å². The Bertz CT molecular complexity index is 291. The molecule has 2 atom stereocenters. The molecule has 0 aliphatic carbocycles. The third-order valence-corrected chi connectivity index (χ3v) is 3.12. The number of aliphatic hydroxyl groups is 1. The van der Waals surface area contributed by atoms with Crippen molar-refractivity contribution in [2.45, 2.75) is 25.2 Å². The third kappa shape index (κ3) is 4.11. The Morgan fingerprint density at radius 2 is 1.78 bits per heavy atom. The Morgan fingerprint density at radius 3 is 2.17 bits per heavy atom. The molecule has 1 aliphatic rings. The minimum atomic E-state index is -4.61. The van der Waals surface area contributed by atoms with E-state index in [9.17, 15) is 18.0 Å². The van der Waals surface area contributed by atoms with Gasteiger partial charge in [0.15, 0.2) is 6.10 Å². The normalized spacial score (nSPS) is 22.7. The molecule has 0 bridgehead atoms. The van der Waals surface area contributed by atoms with Crippen molar-refractivity contribution in [1.29, 1.82) is 0 Å². The molecule has 1 saturated heterocycles. The van der Waals surface area contributed by atoms with E-state index >= 15 is 0 Å². The fourth-order valence-corrected chi connectivity index (χ4v) is 1.84. The van der Waals surface area contributed by atoms with E-state index in [1.807, 2.05) is 0 Å². The first-order valence-corrected chi connectivity index (χ1v) is 5.66. The molecule has 0 radical (unpaired) electrons. The summed E-state index contributed by atoms with van der Waals surface area (Å²) in [5, 5.41) is 17.7. The second kappa shape index (κ2) is 5.85. The summed E-state index contributed by atoms with van der Waals surface area (Å²) in [4.78, 5) is 13.9. The molecule has 18 heavy (non-hydrogen) atoms. The Labute approximate surface area is 103 Å². The number of hydrogen-bond acceptors (Lipinski definition) is 4. The van der Waals surface area contributed by atoms with E-state index in [1.54, 1.807) is 11.8 Å². The van der Waals surface area contributed by atoms with Gasteiger partial charge in [-0.2, -0.15) is 13.2 Å². The Hall–Kier alpha value is -0.860. The molecule has 0 aromatic heterocycles. The lowest BCUT2D eigenvalue weighted by Crippen LogP contribution is -2.54. The van der Waals surface area contributed by atoms with Crippen LogP contribution in [0.3, 0.4) is 0 Å². The summed E-state index contributed by atoms with van der Waals surface area (Å²) in [7, 11) is 0. The topological polar surface area (TPSA) is 64.0 Å². The second-order valence-electron chi connectivity index (χ2n) is 4.41. The van der Waals surface area contributed by atoms with Crippen molar-refractivity contribution >= 4 is 5.97 Å². The number of rotatable bonds is 4. The summed E-state index contributed by atoms with van der Waals surface area (Å²) in [5.74, 6) is -0.946. The summed E-state index contributed by atoms with van der Waals surface area (Å²) in [6.07, 6.45) is -6.95. The maximum Gasteiger partial charge on any atom is 0.415 e. The monoisotopic (exact) mass is 270 g/mol. The molecule has 0 saturated carbocycles. The van der Waals surface area contributed by atoms with E-state index < -0.39 is 30.8 Å². The lowest BCUT2D eigenvalue weighted by Gasteiger charge is -2.37. The first kappa shape index (κ1) is 15.2. The number of carbonyl (C=O) groups is 1. The molecular weight excluding hydrogens is 253 g/mol. The number of aliphatic carboxylic acids is 1. The summed E-state index contributed by atoms with van der Waals surface area (Å²) >= 11 is 0. The van der Waals surface area contributed by atoms with Crippen LogP contribution in [0.25, 0.3) is 0 Å². The molecule has 106 valence electrons. The van der Waals surface area contributed by atoms with Crippen LogP contribution in [0.2, 0.25) is 0 Å². The predicted molar refractivity (Wildman–Crippen MR) is 57.2 cm³/mol. The lowest BCUT2D eigenvalue weighted by molar-refractivity contribution is -0.209. The summed E-state index contributed by atoms with van der Waals surface area (Å²) < 4.78 is 36.5. The molecule has 0 aromatic rings. The SMILES string of the molecule is CC(C(=O)O)N1CCN(CC(O)C(F)(F)F)CC1. The van der Waals surface area contributed by atoms with Crippen molar-refractivity contribution in [1.82, 2.24) is 9.80 Å². The van der Waals surface area contributed by atoms with Crippen LogP contribution < -0.4 is 0 Å². The Morgan fingerprint density at radius 1 is 1.28 bits per heavy atom. The predicted octanol–water partition coefficient (Wildman–Crippen LogP) is 0.000300. The number of carboxylic acid groups (broad SMARTS) is 1. The first-order valence-electron chi connectivity index (χ1n) is 5.66. The third-order valence-electron chi connectivity index (χ3n) is 3.12. The van der Waals surface area contributed by atoms with Crippen LogP contribution in [0.15, 0.2) is 0 Å². The number of piperazine rings is 1. The van der Waals surface area contributed by atoms with Gasteiger partial charge in [0, 0.05) is 32.7 Å². The average molecular weight is 270 g/mol. The van der Waals surface area contributed by atoms with E-state index in [4.69, 9.17) is 10.2 Å². The van der Waals surface area contributed by atoms with Gasteiger partial charge < -0.3 is 10.2 Å². The van der Waals surface area contributed by atoms with Gasteiger partial charge in [0.05, 0.1) is 0 Å². The van der Waals surface area contributed by atoms with E-state index in [0.717, 1.165) is 0 Å². The number of carboxylic acids is 1. The zero-order chi connectivity index (χ0) is 13.9. The van der Waals surface area contributed by atoms with Crippen LogP contribution in [-0.4, -0.2) is 77.0 Å². The van der Waals surface area contributed by atoms with Gasteiger partial charge in [-0.25, -0.2) is 0 Å². The number of β-amino-alcohol motifs (C(OH)–C–C–N with tert-alkyl or cyclic N) is 1. The quantitative estimate of drug-likeness (QED) is 0.753. The highest BCUT2D eigenvalue weighted by Gasteiger charge is 2.39. The fourth-order valence-electron chi connectivity index (χ4n) is 1.84. The van der Waals surface area contributed by atoms with Crippen molar-refractivity contribution in [3.8, 4) is 0 Å². The molecule has 0 aromatic carbocycles. The highest BCUT2D eigenvalue weighted by molar-refractivity contribution is 5.72. The average Bonchev–Trinajstić information content (AvgIpc) is 2.27. The number of aliphatic hydroxyl groups excluding tert-OH is 1. The Kier molecular flexibility index (Phi) is 4.94. The Balaban J connectivity index is 2.38. The molecule has 1 aliphatic heterocycles. The number of nitrogens with zero attached hydrogens (tertiary/aromatic N) is 2. The van der Waals surface area contributed by atoms with Gasteiger partial charge in [-0.3, -0.25) is 14.6 Å². The molecule has 1 heterocycles. The lowest BCUT2D eigenvalue weighted by atomic mass is 10.2. The van der Waals surface area contributed by atoms with Gasteiger partial charge in [0.2, 0.25) is 0 Å². The largest absolute Gasteiger partial charge is 0.480 e. The van der Waals surface area contributed by atoms with E-state index in [2.05, 4.69) is 0 Å². The molecule has 1 fully saturated rings. The van der Waals surface area contributed by atoms with Crippen LogP contribution in [0, 0.1) is 0 Å². The van der Waals surface area contributed by atoms with Crippen LogP contribution in [-0.2, 0) is 4.79 Å². The smallest absolute Gasteiger partial charge is 0.415 e. The van der Waals surface area contributed by atoms with Gasteiger partial charge in [0.1, 0.15) is 6.04 Å². The van der Waals surface area contributed by atoms with E-state index in [1.165, 1.54) is 4.90 Å². The minimum Gasteiger partial charge on any atom is -0.480 e. The number of alkyl halides is 3. The maximum absolute atomic E-state index is 12.2. The van der Waals surface area contributed by atoms with Gasteiger partial charge in [0.25, 0.3) is 0 Å². The number of hydrogen-bond donors (Lipinski definition) is 2. The van der Waals surface area contributed by atoms with Crippen molar-refractivity contribution in [2.75, 3.05) is 32.7 Å². The molecule has 5 nitrogen and oxygen atoms in total. The van der Waals surface area contributed by atoms with Crippen molar-refractivity contribution in [2.24, 2.45) is 0 Å². The van der Waals surface area contributed by atoms with Crippen molar-refractivity contribution in [3.63, 3.8) is 0 Å². The fraction of sp³-hybridized carbons (Fsp3) is 0.900. The molecule has 0 amide bonds. The van der Waals surface area contributed by atoms with Gasteiger partial charge in [-0.15, -0.1) is 0 Å². The number of halogens is 3. The van der Waals surface area contributed by atoms with Gasteiger partial charge in [-0.1, -0.05) is 0 Å². The van der Waals surface area contributed by atoms with Crippen molar-refractivity contribution < 1.29 is 28.2 Å². The molecule has 1 rings (SSSR count). The summed E-state index contributed by atoms with van der Waals surface area (Å²) in [6, 6.07) is -0.639. The highest BCUT2D eigenvalue weighted by Crippen LogP contribution is 2.21. The van der Waals surface area contributed by atoms with Crippen LogP contribution in [0.1, 0.15) is 6.92 Å². The zero-order valence-electron chi connectivity index (χ0n) is 10.0. The first-order chi connectivity index (χ1) is 8.21.